The predicted octanol–water partition coefficient (Wildman–Crippen LogP) is 5.54. The molecule has 0 atom stereocenters. The second-order valence-corrected chi connectivity index (χ2v) is 8.59. The van der Waals surface area contributed by atoms with Crippen LogP contribution in [-0.4, -0.2) is 40.2 Å². The van der Waals surface area contributed by atoms with Gasteiger partial charge < -0.3 is 10.1 Å². The van der Waals surface area contributed by atoms with E-state index in [1.54, 1.807) is 35.0 Å². The van der Waals surface area contributed by atoms with Crippen molar-refractivity contribution in [1.82, 2.24) is 19.9 Å². The Kier molecular flexibility index (Phi) is 7.05. The number of aromatic nitrogens is 3. The number of aldehydes is 1. The normalized spacial score (nSPS) is 12.8. The van der Waals surface area contributed by atoms with Crippen LogP contribution in [0.15, 0.2) is 59.6 Å². The lowest BCUT2D eigenvalue weighted by Gasteiger charge is -2.09. The number of imidazole rings is 1. The molecule has 2 aromatic heterocycles. The van der Waals surface area contributed by atoms with Crippen molar-refractivity contribution >= 4 is 23.7 Å². The van der Waals surface area contributed by atoms with Gasteiger partial charge in [0.15, 0.2) is 5.65 Å². The minimum Gasteiger partial charge on any atom is -0.437 e. The monoisotopic (exact) mass is 464 g/mol. The molecule has 0 radical (unpaired) electrons. The molecule has 1 fully saturated rings. The van der Waals surface area contributed by atoms with Gasteiger partial charge in [0.25, 0.3) is 0 Å². The standard InChI is InChI=1S/C21H16FN3O2S.C4H9N/c1-13-8-14(6-7-15(13)12-26)18-11-23-21-19(28-2)10-20(24-25(18)21)27-17-5-3-4-16(22)9-17;1-5-4-2-3-4/h3-12H,1-2H3;4-5H,2-3H2,1H3. The van der Waals surface area contributed by atoms with E-state index in [-0.39, 0.29) is 5.82 Å². The van der Waals surface area contributed by atoms with Crippen LogP contribution in [0, 0.1) is 12.7 Å². The number of rotatable bonds is 6. The van der Waals surface area contributed by atoms with E-state index >= 15 is 0 Å². The van der Waals surface area contributed by atoms with E-state index in [0.29, 0.717) is 22.8 Å². The lowest BCUT2D eigenvalue weighted by Crippen LogP contribution is -2.06. The second-order valence-electron chi connectivity index (χ2n) is 7.74. The van der Waals surface area contributed by atoms with Crippen molar-refractivity contribution in [2.45, 2.75) is 30.7 Å². The van der Waals surface area contributed by atoms with Crippen LogP contribution in [0.3, 0.4) is 0 Å². The molecule has 8 heteroatoms. The minimum atomic E-state index is -0.377. The van der Waals surface area contributed by atoms with Gasteiger partial charge in [-0.1, -0.05) is 18.2 Å². The molecule has 33 heavy (non-hydrogen) atoms. The molecule has 0 bridgehead atoms. The molecule has 0 saturated heterocycles. The Morgan fingerprint density at radius 2 is 2.03 bits per heavy atom. The summed E-state index contributed by atoms with van der Waals surface area (Å²) in [5.74, 6) is 0.326. The van der Waals surface area contributed by atoms with E-state index in [2.05, 4.69) is 15.4 Å². The van der Waals surface area contributed by atoms with Gasteiger partial charge in [-0.2, -0.15) is 0 Å². The van der Waals surface area contributed by atoms with Gasteiger partial charge in [0.2, 0.25) is 5.88 Å². The Morgan fingerprint density at radius 1 is 1.21 bits per heavy atom. The lowest BCUT2D eigenvalue weighted by molar-refractivity contribution is 0.112. The number of hydrogen-bond donors (Lipinski definition) is 1. The molecule has 0 aliphatic heterocycles. The molecule has 0 spiro atoms. The Labute approximate surface area is 196 Å². The molecule has 1 aliphatic rings. The van der Waals surface area contributed by atoms with Crippen molar-refractivity contribution in [3.63, 3.8) is 0 Å². The van der Waals surface area contributed by atoms with Gasteiger partial charge in [-0.3, -0.25) is 4.79 Å². The van der Waals surface area contributed by atoms with Gasteiger partial charge in [0, 0.05) is 29.3 Å². The number of benzene rings is 2. The summed E-state index contributed by atoms with van der Waals surface area (Å²) in [5.41, 5.74) is 3.88. The summed E-state index contributed by atoms with van der Waals surface area (Å²) in [6.45, 7) is 1.88. The van der Waals surface area contributed by atoms with Crippen molar-refractivity contribution < 1.29 is 13.9 Å². The highest BCUT2D eigenvalue weighted by atomic mass is 32.2. The molecule has 1 aliphatic carbocycles. The maximum absolute atomic E-state index is 13.5. The van der Waals surface area contributed by atoms with Crippen molar-refractivity contribution in [3.05, 3.63) is 71.7 Å². The summed E-state index contributed by atoms with van der Waals surface area (Å²) in [6.07, 6.45) is 7.32. The predicted molar refractivity (Wildman–Crippen MR) is 129 cm³/mol. The molecular weight excluding hydrogens is 439 g/mol. The third-order valence-corrected chi connectivity index (χ3v) is 6.07. The SMILES string of the molecule is CNC1CC1.CSc1cc(Oc2cccc(F)c2)nn2c(-c3ccc(C=O)c(C)c3)cnc12. The zero-order valence-corrected chi connectivity index (χ0v) is 19.5. The number of fused-ring (bicyclic) bond motifs is 1. The van der Waals surface area contributed by atoms with Crippen LogP contribution >= 0.6 is 11.8 Å². The third-order valence-electron chi connectivity index (χ3n) is 5.33. The molecule has 170 valence electrons. The third kappa shape index (κ3) is 5.40. The van der Waals surface area contributed by atoms with Gasteiger partial charge >= 0.3 is 0 Å². The minimum absolute atomic E-state index is 0.336. The molecule has 2 heterocycles. The largest absolute Gasteiger partial charge is 0.437 e. The van der Waals surface area contributed by atoms with Crippen molar-refractivity contribution in [2.75, 3.05) is 13.3 Å². The number of halogens is 1. The molecule has 1 saturated carbocycles. The number of carbonyl (C=O) groups is 1. The number of nitrogens with zero attached hydrogens (tertiary/aromatic N) is 3. The fourth-order valence-corrected chi connectivity index (χ4v) is 3.85. The van der Waals surface area contributed by atoms with Crippen LogP contribution in [0.1, 0.15) is 28.8 Å². The number of carbonyl (C=O) groups excluding carboxylic acids is 1. The highest BCUT2D eigenvalue weighted by Gasteiger charge is 2.17. The summed E-state index contributed by atoms with van der Waals surface area (Å²) in [7, 11) is 2.01. The number of ether oxygens (including phenoxy) is 1. The van der Waals surface area contributed by atoms with Crippen LogP contribution in [0.4, 0.5) is 4.39 Å². The Morgan fingerprint density at radius 3 is 2.64 bits per heavy atom. The van der Waals surface area contributed by atoms with E-state index in [0.717, 1.165) is 34.0 Å². The van der Waals surface area contributed by atoms with Gasteiger partial charge in [0.1, 0.15) is 17.9 Å². The summed E-state index contributed by atoms with van der Waals surface area (Å²) in [6, 6.07) is 14.1. The molecule has 0 amide bonds. The zero-order chi connectivity index (χ0) is 23.4. The zero-order valence-electron chi connectivity index (χ0n) is 18.7. The number of thioether (sulfide) groups is 1. The van der Waals surface area contributed by atoms with Gasteiger partial charge in [-0.15, -0.1) is 16.9 Å². The number of nitrogens with one attached hydrogen (secondary N) is 1. The highest BCUT2D eigenvalue weighted by molar-refractivity contribution is 7.98. The molecule has 6 nitrogen and oxygen atoms in total. The first kappa shape index (κ1) is 22.9. The van der Waals surface area contributed by atoms with Crippen LogP contribution < -0.4 is 10.1 Å². The van der Waals surface area contributed by atoms with Gasteiger partial charge in [0.05, 0.1) is 16.8 Å². The fourth-order valence-electron chi connectivity index (χ4n) is 3.31. The topological polar surface area (TPSA) is 68.5 Å². The van der Waals surface area contributed by atoms with Crippen molar-refractivity contribution in [3.8, 4) is 22.9 Å². The molecule has 5 rings (SSSR count). The van der Waals surface area contributed by atoms with E-state index in [4.69, 9.17) is 4.74 Å². The molecule has 1 N–H and O–H groups in total. The van der Waals surface area contributed by atoms with Crippen LogP contribution in [-0.2, 0) is 0 Å². The quantitative estimate of drug-likeness (QED) is 0.299. The second kappa shape index (κ2) is 10.1. The Bertz CT molecular complexity index is 1290. The molecule has 2 aromatic carbocycles. The average Bonchev–Trinajstić information content (AvgIpc) is 3.57. The molecular formula is C25H25FN4O2S. The van der Waals surface area contributed by atoms with Crippen LogP contribution in [0.25, 0.3) is 16.9 Å². The number of hydrogen-bond acceptors (Lipinski definition) is 6. The molecule has 0 unspecified atom stereocenters. The maximum atomic E-state index is 13.5. The van der Waals surface area contributed by atoms with Gasteiger partial charge in [-0.05, 0) is 56.8 Å². The summed E-state index contributed by atoms with van der Waals surface area (Å²) < 4.78 is 20.9. The van der Waals surface area contributed by atoms with Crippen molar-refractivity contribution in [1.29, 1.82) is 0 Å². The maximum Gasteiger partial charge on any atom is 0.238 e. The van der Waals surface area contributed by atoms with Crippen molar-refractivity contribution in [2.24, 2.45) is 0 Å². The lowest BCUT2D eigenvalue weighted by atomic mass is 10.0. The first-order valence-corrected chi connectivity index (χ1v) is 11.8. The fraction of sp³-hybridized carbons (Fsp3) is 0.240. The Balaban J connectivity index is 0.000000459. The number of aryl methyl sites for hydroxylation is 1. The summed E-state index contributed by atoms with van der Waals surface area (Å²) in [5, 5.41) is 7.68. The first-order chi connectivity index (χ1) is 16.0. The van der Waals surface area contributed by atoms with E-state index in [9.17, 15) is 9.18 Å². The van der Waals surface area contributed by atoms with E-state index in [1.165, 1.54) is 36.7 Å². The molecule has 4 aromatic rings. The highest BCUT2D eigenvalue weighted by Crippen LogP contribution is 2.31. The van der Waals surface area contributed by atoms with Crippen LogP contribution in [0.2, 0.25) is 0 Å². The van der Waals surface area contributed by atoms with Crippen LogP contribution in [0.5, 0.6) is 11.6 Å². The summed E-state index contributed by atoms with van der Waals surface area (Å²) >= 11 is 1.52. The summed E-state index contributed by atoms with van der Waals surface area (Å²) in [4.78, 5) is 16.5. The first-order valence-electron chi connectivity index (χ1n) is 10.6. The van der Waals surface area contributed by atoms with E-state index < -0.39 is 0 Å². The smallest absolute Gasteiger partial charge is 0.238 e. The Hall–Kier alpha value is -3.23. The average molecular weight is 465 g/mol. The van der Waals surface area contributed by atoms with E-state index in [1.807, 2.05) is 32.4 Å². The van der Waals surface area contributed by atoms with Gasteiger partial charge in [-0.25, -0.2) is 13.9 Å².